The minimum Gasteiger partial charge on any atom is -0.449 e. The highest BCUT2D eigenvalue weighted by molar-refractivity contribution is 6.05. The van der Waals surface area contributed by atoms with Crippen molar-refractivity contribution in [2.24, 2.45) is 0 Å². The van der Waals surface area contributed by atoms with Gasteiger partial charge in [0.15, 0.2) is 6.10 Å². The average molecular weight is 348 g/mol. The van der Waals surface area contributed by atoms with Crippen LogP contribution in [-0.2, 0) is 9.53 Å². The van der Waals surface area contributed by atoms with Crippen LogP contribution in [-0.4, -0.2) is 30.0 Å². The van der Waals surface area contributed by atoms with Crippen molar-refractivity contribution in [3.05, 3.63) is 71.9 Å². The second-order valence-electron chi connectivity index (χ2n) is 6.11. The lowest BCUT2D eigenvalue weighted by Gasteiger charge is -2.21. The van der Waals surface area contributed by atoms with E-state index in [1.54, 1.807) is 20.0 Å². The predicted molar refractivity (Wildman–Crippen MR) is 101 cm³/mol. The Labute approximate surface area is 152 Å². The molecule has 0 fully saturated rings. The van der Waals surface area contributed by atoms with Gasteiger partial charge in [0.1, 0.15) is 0 Å². The molecule has 26 heavy (non-hydrogen) atoms. The molecule has 0 aliphatic rings. The molecule has 0 aliphatic carbocycles. The molecule has 0 aliphatic heterocycles. The number of fused-ring (bicyclic) bond motifs is 1. The van der Waals surface area contributed by atoms with E-state index in [0.717, 1.165) is 16.9 Å². The summed E-state index contributed by atoms with van der Waals surface area (Å²) in [6, 6.07) is 18.3. The fourth-order valence-corrected chi connectivity index (χ4v) is 2.80. The van der Waals surface area contributed by atoms with E-state index in [-0.39, 0.29) is 5.91 Å². The first-order valence-corrected chi connectivity index (χ1v) is 8.37. The van der Waals surface area contributed by atoms with Crippen molar-refractivity contribution >= 4 is 28.5 Å². The van der Waals surface area contributed by atoms with Gasteiger partial charge < -0.3 is 9.64 Å². The van der Waals surface area contributed by atoms with Crippen molar-refractivity contribution in [2.45, 2.75) is 20.0 Å². The number of carbonyl (C=O) groups is 2. The van der Waals surface area contributed by atoms with Crippen molar-refractivity contribution in [1.82, 2.24) is 4.98 Å². The van der Waals surface area contributed by atoms with Crippen LogP contribution in [0.3, 0.4) is 0 Å². The number of anilines is 1. The number of hydrogen-bond donors (Lipinski definition) is 0. The zero-order chi connectivity index (χ0) is 18.7. The van der Waals surface area contributed by atoms with E-state index in [0.29, 0.717) is 10.9 Å². The summed E-state index contributed by atoms with van der Waals surface area (Å²) in [5, 5.41) is 0.708. The number of para-hydroxylation sites is 2. The number of carbonyl (C=O) groups excluding carboxylic acids is 2. The summed E-state index contributed by atoms with van der Waals surface area (Å²) < 4.78 is 5.45. The van der Waals surface area contributed by atoms with Crippen LogP contribution in [0.2, 0.25) is 0 Å². The van der Waals surface area contributed by atoms with Crippen LogP contribution in [0.5, 0.6) is 0 Å². The largest absolute Gasteiger partial charge is 0.449 e. The molecule has 0 N–H and O–H groups in total. The van der Waals surface area contributed by atoms with Gasteiger partial charge in [0, 0.05) is 23.8 Å². The number of benzene rings is 2. The lowest BCUT2D eigenvalue weighted by molar-refractivity contribution is -0.126. The van der Waals surface area contributed by atoms with Crippen LogP contribution in [0.25, 0.3) is 10.9 Å². The molecular formula is C21H20N2O3. The quantitative estimate of drug-likeness (QED) is 0.674. The Morgan fingerprint density at radius 3 is 2.42 bits per heavy atom. The van der Waals surface area contributed by atoms with Crippen molar-refractivity contribution in [2.75, 3.05) is 11.9 Å². The van der Waals surface area contributed by atoms with Crippen molar-refractivity contribution < 1.29 is 14.3 Å². The molecule has 0 saturated heterocycles. The Bertz CT molecular complexity index is 954. The van der Waals surface area contributed by atoms with Crippen LogP contribution in [0.15, 0.2) is 60.7 Å². The molecule has 0 bridgehead atoms. The summed E-state index contributed by atoms with van der Waals surface area (Å²) in [5.41, 5.74) is 2.59. The number of rotatable bonds is 4. The first kappa shape index (κ1) is 17.6. The minimum atomic E-state index is -0.903. The Hall–Kier alpha value is -3.21. The molecule has 1 unspecified atom stereocenters. The van der Waals surface area contributed by atoms with Gasteiger partial charge in [-0.2, -0.15) is 0 Å². The molecule has 2 aromatic carbocycles. The smallest absolute Gasteiger partial charge is 0.339 e. The number of esters is 1. The summed E-state index contributed by atoms with van der Waals surface area (Å²) >= 11 is 0. The van der Waals surface area contributed by atoms with Crippen LogP contribution >= 0.6 is 0 Å². The zero-order valence-corrected chi connectivity index (χ0v) is 15.0. The number of nitrogens with zero attached hydrogens (tertiary/aromatic N) is 2. The number of aryl methyl sites for hydroxylation is 1. The fourth-order valence-electron chi connectivity index (χ4n) is 2.80. The average Bonchev–Trinajstić information content (AvgIpc) is 2.66. The normalized spacial score (nSPS) is 11.8. The lowest BCUT2D eigenvalue weighted by atomic mass is 10.1. The monoisotopic (exact) mass is 348 g/mol. The Balaban J connectivity index is 1.81. The highest BCUT2D eigenvalue weighted by atomic mass is 16.5. The van der Waals surface area contributed by atoms with Crippen LogP contribution < -0.4 is 4.90 Å². The minimum absolute atomic E-state index is 0.292. The summed E-state index contributed by atoms with van der Waals surface area (Å²) in [6.07, 6.45) is -0.903. The maximum Gasteiger partial charge on any atom is 0.339 e. The van der Waals surface area contributed by atoms with Gasteiger partial charge in [-0.25, -0.2) is 4.79 Å². The predicted octanol–water partition coefficient (Wildman–Crippen LogP) is 3.75. The summed E-state index contributed by atoms with van der Waals surface area (Å²) in [5.74, 6) is -0.825. The van der Waals surface area contributed by atoms with E-state index >= 15 is 0 Å². The molecule has 1 amide bonds. The van der Waals surface area contributed by atoms with Gasteiger partial charge >= 0.3 is 5.97 Å². The number of likely N-dealkylation sites (N-methyl/N-ethyl adjacent to an activating group) is 1. The van der Waals surface area contributed by atoms with Gasteiger partial charge in [0.25, 0.3) is 5.91 Å². The van der Waals surface area contributed by atoms with Crippen LogP contribution in [0.1, 0.15) is 23.0 Å². The Kier molecular flexibility index (Phi) is 4.98. The first-order valence-electron chi connectivity index (χ1n) is 8.37. The molecule has 0 saturated carbocycles. The van der Waals surface area contributed by atoms with E-state index in [9.17, 15) is 9.59 Å². The Morgan fingerprint density at radius 2 is 1.69 bits per heavy atom. The van der Waals surface area contributed by atoms with Crippen molar-refractivity contribution in [3.8, 4) is 0 Å². The van der Waals surface area contributed by atoms with E-state index in [4.69, 9.17) is 4.74 Å². The molecule has 0 radical (unpaired) electrons. The summed E-state index contributed by atoms with van der Waals surface area (Å²) in [4.78, 5) is 31.1. The molecular weight excluding hydrogens is 328 g/mol. The summed E-state index contributed by atoms with van der Waals surface area (Å²) in [6.45, 7) is 3.40. The van der Waals surface area contributed by atoms with E-state index in [2.05, 4.69) is 4.98 Å². The molecule has 1 aromatic heterocycles. The molecule has 132 valence electrons. The fraction of sp³-hybridized carbons (Fsp3) is 0.190. The van der Waals surface area contributed by atoms with Gasteiger partial charge in [-0.05, 0) is 38.1 Å². The van der Waals surface area contributed by atoms with E-state index in [1.807, 2.05) is 61.5 Å². The van der Waals surface area contributed by atoms with Gasteiger partial charge in [-0.3, -0.25) is 9.78 Å². The van der Waals surface area contributed by atoms with Crippen LogP contribution in [0, 0.1) is 6.92 Å². The SMILES string of the molecule is Cc1cc(C(=O)OC(C)C(=O)N(C)c2ccccc2)c2ccccc2n1. The third-order valence-corrected chi connectivity index (χ3v) is 4.17. The zero-order valence-electron chi connectivity index (χ0n) is 15.0. The summed E-state index contributed by atoms with van der Waals surface area (Å²) in [7, 11) is 1.66. The topological polar surface area (TPSA) is 59.5 Å². The molecule has 1 atom stereocenters. The number of ether oxygens (including phenoxy) is 1. The second-order valence-corrected chi connectivity index (χ2v) is 6.11. The molecule has 5 nitrogen and oxygen atoms in total. The maximum absolute atomic E-state index is 12.7. The van der Waals surface area contributed by atoms with Gasteiger partial charge in [0.05, 0.1) is 11.1 Å². The molecule has 5 heteroatoms. The molecule has 1 heterocycles. The standard InChI is InChI=1S/C21H20N2O3/c1-14-13-18(17-11-7-8-12-19(17)22-14)21(25)26-15(2)20(24)23(3)16-9-5-4-6-10-16/h4-13,15H,1-3H3. The third-order valence-electron chi connectivity index (χ3n) is 4.17. The first-order chi connectivity index (χ1) is 12.5. The van der Waals surface area contributed by atoms with Gasteiger partial charge in [-0.15, -0.1) is 0 Å². The number of pyridine rings is 1. The third kappa shape index (κ3) is 3.57. The highest BCUT2D eigenvalue weighted by Gasteiger charge is 2.24. The number of amides is 1. The molecule has 3 rings (SSSR count). The van der Waals surface area contributed by atoms with Crippen molar-refractivity contribution in [1.29, 1.82) is 0 Å². The number of aromatic nitrogens is 1. The lowest BCUT2D eigenvalue weighted by Crippen LogP contribution is -2.37. The highest BCUT2D eigenvalue weighted by Crippen LogP contribution is 2.20. The van der Waals surface area contributed by atoms with Crippen LogP contribution in [0.4, 0.5) is 5.69 Å². The molecule has 3 aromatic rings. The van der Waals surface area contributed by atoms with Gasteiger partial charge in [-0.1, -0.05) is 36.4 Å². The van der Waals surface area contributed by atoms with E-state index in [1.165, 1.54) is 4.90 Å². The maximum atomic E-state index is 12.7. The molecule has 0 spiro atoms. The van der Waals surface area contributed by atoms with Gasteiger partial charge in [0.2, 0.25) is 0 Å². The van der Waals surface area contributed by atoms with Crippen molar-refractivity contribution in [3.63, 3.8) is 0 Å². The Morgan fingerprint density at radius 1 is 1.04 bits per heavy atom. The van der Waals surface area contributed by atoms with E-state index < -0.39 is 12.1 Å². The number of hydrogen-bond acceptors (Lipinski definition) is 4. The second kappa shape index (κ2) is 7.35.